The van der Waals surface area contributed by atoms with Crippen molar-refractivity contribution in [2.24, 2.45) is 0 Å². The molecule has 0 fully saturated rings. The Bertz CT molecular complexity index is 712. The number of benzene rings is 1. The molecular formula is C21H28N2O5. The average Bonchev–Trinajstić information content (AvgIpc) is 2.72. The Labute approximate surface area is 165 Å². The van der Waals surface area contributed by atoms with Gasteiger partial charge in [0, 0.05) is 12.1 Å². The first kappa shape index (κ1) is 21.5. The number of carbonyl (C=O) groups excluding carboxylic acids is 3. The number of nitrogens with one attached hydrogen (secondary N) is 2. The van der Waals surface area contributed by atoms with E-state index in [4.69, 9.17) is 9.47 Å². The molecule has 1 aromatic carbocycles. The molecule has 1 atom stereocenters. The van der Waals surface area contributed by atoms with Gasteiger partial charge in [0.25, 0.3) is 11.8 Å². The summed E-state index contributed by atoms with van der Waals surface area (Å²) in [5, 5.41) is 5.25. The van der Waals surface area contributed by atoms with Gasteiger partial charge in [-0.15, -0.1) is 0 Å². The molecule has 0 spiro atoms. The van der Waals surface area contributed by atoms with Crippen LogP contribution in [0.4, 0.5) is 0 Å². The predicted molar refractivity (Wildman–Crippen MR) is 105 cm³/mol. The third-order valence-corrected chi connectivity index (χ3v) is 4.55. The first-order valence-corrected chi connectivity index (χ1v) is 9.57. The highest BCUT2D eigenvalue weighted by molar-refractivity contribution is 5.96. The molecular weight excluding hydrogens is 360 g/mol. The summed E-state index contributed by atoms with van der Waals surface area (Å²) in [6.45, 7) is 1.73. The van der Waals surface area contributed by atoms with Crippen molar-refractivity contribution in [3.8, 4) is 5.75 Å². The standard InChI is InChI=1S/C21H28N2O5/c1-15(20(25)22-13-12-16-6-4-3-5-7-16)28-19(24)14-23-21(26)17-8-10-18(27-2)11-9-17/h6,8-11,15H,3-5,7,12-14H2,1-2H3,(H,22,25)(H,23,26)/t15-/m0/s1. The molecule has 2 rings (SSSR count). The summed E-state index contributed by atoms with van der Waals surface area (Å²) in [6.07, 6.45) is 6.79. The fourth-order valence-electron chi connectivity index (χ4n) is 2.91. The molecule has 152 valence electrons. The van der Waals surface area contributed by atoms with Crippen LogP contribution in [-0.2, 0) is 14.3 Å². The van der Waals surface area contributed by atoms with Crippen molar-refractivity contribution >= 4 is 17.8 Å². The quantitative estimate of drug-likeness (QED) is 0.500. The van der Waals surface area contributed by atoms with E-state index in [2.05, 4.69) is 16.7 Å². The van der Waals surface area contributed by atoms with E-state index in [1.54, 1.807) is 24.3 Å². The van der Waals surface area contributed by atoms with Crippen LogP contribution in [0.5, 0.6) is 5.75 Å². The molecule has 0 aliphatic heterocycles. The fourth-order valence-corrected chi connectivity index (χ4v) is 2.91. The summed E-state index contributed by atoms with van der Waals surface area (Å²) < 4.78 is 10.1. The maximum Gasteiger partial charge on any atom is 0.326 e. The molecule has 0 saturated heterocycles. The van der Waals surface area contributed by atoms with Crippen LogP contribution in [0, 0.1) is 0 Å². The summed E-state index contributed by atoms with van der Waals surface area (Å²) in [5.74, 6) is -0.779. The predicted octanol–water partition coefficient (Wildman–Crippen LogP) is 2.36. The maximum atomic E-state index is 12.0. The van der Waals surface area contributed by atoms with Gasteiger partial charge in [-0.05, 0) is 63.3 Å². The van der Waals surface area contributed by atoms with E-state index in [1.165, 1.54) is 32.4 Å². The molecule has 7 nitrogen and oxygen atoms in total. The second-order valence-corrected chi connectivity index (χ2v) is 6.69. The molecule has 0 radical (unpaired) electrons. The summed E-state index contributed by atoms with van der Waals surface area (Å²) in [7, 11) is 1.54. The Balaban J connectivity index is 1.66. The van der Waals surface area contributed by atoms with Crippen molar-refractivity contribution in [3.63, 3.8) is 0 Å². The van der Waals surface area contributed by atoms with Crippen molar-refractivity contribution < 1.29 is 23.9 Å². The van der Waals surface area contributed by atoms with Crippen LogP contribution < -0.4 is 15.4 Å². The second-order valence-electron chi connectivity index (χ2n) is 6.69. The van der Waals surface area contributed by atoms with Crippen LogP contribution in [-0.4, -0.2) is 44.1 Å². The van der Waals surface area contributed by atoms with Gasteiger partial charge < -0.3 is 20.1 Å². The highest BCUT2D eigenvalue weighted by Gasteiger charge is 2.18. The number of allylic oxidation sites excluding steroid dienone is 1. The van der Waals surface area contributed by atoms with E-state index in [-0.39, 0.29) is 12.5 Å². The lowest BCUT2D eigenvalue weighted by molar-refractivity contribution is -0.153. The van der Waals surface area contributed by atoms with Crippen molar-refractivity contribution in [2.45, 2.75) is 45.1 Å². The smallest absolute Gasteiger partial charge is 0.326 e. The van der Waals surface area contributed by atoms with E-state index < -0.39 is 18.0 Å². The zero-order chi connectivity index (χ0) is 20.4. The molecule has 1 aliphatic carbocycles. The van der Waals surface area contributed by atoms with Crippen molar-refractivity contribution in [3.05, 3.63) is 41.5 Å². The Morgan fingerprint density at radius 2 is 1.86 bits per heavy atom. The number of rotatable bonds is 9. The van der Waals surface area contributed by atoms with E-state index in [1.807, 2.05) is 0 Å². The molecule has 1 aliphatic rings. The number of hydrogen-bond donors (Lipinski definition) is 2. The molecule has 0 unspecified atom stereocenters. The first-order valence-electron chi connectivity index (χ1n) is 9.57. The summed E-state index contributed by atoms with van der Waals surface area (Å²) in [6, 6.07) is 6.50. The van der Waals surface area contributed by atoms with Crippen molar-refractivity contribution in [1.29, 1.82) is 0 Å². The van der Waals surface area contributed by atoms with Crippen molar-refractivity contribution in [1.82, 2.24) is 10.6 Å². The Morgan fingerprint density at radius 1 is 1.11 bits per heavy atom. The van der Waals surface area contributed by atoms with Gasteiger partial charge in [-0.2, -0.15) is 0 Å². The van der Waals surface area contributed by atoms with Crippen LogP contribution in [0.3, 0.4) is 0 Å². The minimum Gasteiger partial charge on any atom is -0.497 e. The van der Waals surface area contributed by atoms with E-state index in [0.29, 0.717) is 17.9 Å². The monoisotopic (exact) mass is 388 g/mol. The van der Waals surface area contributed by atoms with Crippen molar-refractivity contribution in [2.75, 3.05) is 20.2 Å². The van der Waals surface area contributed by atoms with Gasteiger partial charge in [0.15, 0.2) is 6.10 Å². The van der Waals surface area contributed by atoms with Crippen LogP contribution in [0.15, 0.2) is 35.9 Å². The number of carbonyl (C=O) groups is 3. The third kappa shape index (κ3) is 7.06. The normalized spacial score (nSPS) is 14.4. The van der Waals surface area contributed by atoms with Gasteiger partial charge in [0.05, 0.1) is 7.11 Å². The molecule has 0 bridgehead atoms. The fraction of sp³-hybridized carbons (Fsp3) is 0.476. The van der Waals surface area contributed by atoms with Gasteiger partial charge in [0.2, 0.25) is 0 Å². The van der Waals surface area contributed by atoms with Gasteiger partial charge in [0.1, 0.15) is 12.3 Å². The molecule has 28 heavy (non-hydrogen) atoms. The first-order chi connectivity index (χ1) is 13.5. The summed E-state index contributed by atoms with van der Waals surface area (Å²) in [4.78, 5) is 35.9. The van der Waals surface area contributed by atoms with Gasteiger partial charge in [-0.3, -0.25) is 14.4 Å². The molecule has 2 amide bonds. The van der Waals surface area contributed by atoms with Gasteiger partial charge in [-0.1, -0.05) is 11.6 Å². The lowest BCUT2D eigenvalue weighted by Gasteiger charge is -2.16. The number of hydrogen-bond acceptors (Lipinski definition) is 5. The van der Waals surface area contributed by atoms with E-state index in [9.17, 15) is 14.4 Å². The SMILES string of the molecule is COc1ccc(C(=O)NCC(=O)O[C@@H](C)C(=O)NCCC2=CCCCC2)cc1. The highest BCUT2D eigenvalue weighted by atomic mass is 16.5. The average molecular weight is 388 g/mol. The second kappa shape index (κ2) is 11.1. The van der Waals surface area contributed by atoms with Crippen LogP contribution in [0.25, 0.3) is 0 Å². The third-order valence-electron chi connectivity index (χ3n) is 4.55. The van der Waals surface area contributed by atoms with Crippen LogP contribution in [0.2, 0.25) is 0 Å². The number of amides is 2. The van der Waals surface area contributed by atoms with E-state index in [0.717, 1.165) is 19.3 Å². The Kier molecular flexibility index (Phi) is 8.52. The zero-order valence-electron chi connectivity index (χ0n) is 16.5. The molecule has 0 heterocycles. The number of esters is 1. The lowest BCUT2D eigenvalue weighted by Crippen LogP contribution is -2.39. The lowest BCUT2D eigenvalue weighted by atomic mass is 9.97. The molecule has 0 saturated carbocycles. The summed E-state index contributed by atoms with van der Waals surface area (Å²) in [5.41, 5.74) is 1.77. The Hall–Kier alpha value is -2.83. The van der Waals surface area contributed by atoms with Crippen LogP contribution >= 0.6 is 0 Å². The van der Waals surface area contributed by atoms with Gasteiger partial charge >= 0.3 is 5.97 Å². The highest BCUT2D eigenvalue weighted by Crippen LogP contribution is 2.19. The molecule has 1 aromatic rings. The molecule has 0 aromatic heterocycles. The number of ether oxygens (including phenoxy) is 2. The summed E-state index contributed by atoms with van der Waals surface area (Å²) >= 11 is 0. The van der Waals surface area contributed by atoms with Gasteiger partial charge in [-0.25, -0.2) is 0 Å². The topological polar surface area (TPSA) is 93.7 Å². The molecule has 2 N–H and O–H groups in total. The maximum absolute atomic E-state index is 12.0. The van der Waals surface area contributed by atoms with Crippen LogP contribution in [0.1, 0.15) is 49.4 Å². The number of methoxy groups -OCH3 is 1. The minimum absolute atomic E-state index is 0.310. The van der Waals surface area contributed by atoms with E-state index >= 15 is 0 Å². The zero-order valence-corrected chi connectivity index (χ0v) is 16.5. The minimum atomic E-state index is -0.911. The largest absolute Gasteiger partial charge is 0.497 e. The molecule has 7 heteroatoms. The Morgan fingerprint density at radius 3 is 2.50 bits per heavy atom.